The summed E-state index contributed by atoms with van der Waals surface area (Å²) in [4.78, 5) is 25.1. The Hall–Kier alpha value is -4.14. The van der Waals surface area contributed by atoms with Crippen molar-refractivity contribution in [2.24, 2.45) is 0 Å². The van der Waals surface area contributed by atoms with Crippen molar-refractivity contribution in [2.75, 3.05) is 16.6 Å². The van der Waals surface area contributed by atoms with E-state index in [0.717, 1.165) is 11.1 Å². The maximum absolute atomic E-state index is 13.3. The Morgan fingerprint density at radius 3 is 2.10 bits per heavy atom. The van der Waals surface area contributed by atoms with Crippen LogP contribution in [0.2, 0.25) is 5.02 Å². The molecule has 4 aromatic carbocycles. The maximum Gasteiger partial charge on any atom is 0.339 e. The number of ketones is 1. The highest BCUT2D eigenvalue weighted by Gasteiger charge is 2.26. The second-order valence-corrected chi connectivity index (χ2v) is 11.0. The molecule has 1 unspecified atom stereocenters. The number of nitrogens with one attached hydrogen (secondary N) is 2. The van der Waals surface area contributed by atoms with Crippen LogP contribution in [0.25, 0.3) is 0 Å². The highest BCUT2D eigenvalue weighted by atomic mass is 35.5. The topological polar surface area (TPSA) is 113 Å². The number of hydrogen-bond donors (Lipinski definition) is 3. The highest BCUT2D eigenvalue weighted by Crippen LogP contribution is 2.28. The third-order valence-electron chi connectivity index (χ3n) is 6.19. The molecule has 0 amide bonds. The largest absolute Gasteiger partial charge is 0.478 e. The van der Waals surface area contributed by atoms with Crippen molar-refractivity contribution in [2.45, 2.75) is 23.7 Å². The molecule has 0 aliphatic carbocycles. The molecule has 0 aromatic heterocycles. The van der Waals surface area contributed by atoms with Crippen LogP contribution in [0.15, 0.2) is 108 Å². The molecule has 1 atom stereocenters. The Morgan fingerprint density at radius 2 is 1.46 bits per heavy atom. The van der Waals surface area contributed by atoms with Crippen LogP contribution in [-0.2, 0) is 21.2 Å². The summed E-state index contributed by atoms with van der Waals surface area (Å²) in [5.41, 5.74) is 1.78. The van der Waals surface area contributed by atoms with E-state index in [-0.39, 0.29) is 40.6 Å². The van der Waals surface area contributed by atoms with E-state index in [0.29, 0.717) is 11.4 Å². The summed E-state index contributed by atoms with van der Waals surface area (Å²) in [7, 11) is -4.22. The van der Waals surface area contributed by atoms with Crippen molar-refractivity contribution >= 4 is 44.8 Å². The standard InChI is InChI=1S/C30H27ClN2O5S/c31-23-14-16-24(17-15-23)33-39(37,38)28-13-7-12-26(29(28)30(35)36)32-19-18-25(22-10-5-2-6-11-22)27(34)20-21-8-3-1-4-9-21/h1-17,25,32-33H,18-20H2,(H,35,36). The maximum atomic E-state index is 13.3. The average molecular weight is 563 g/mol. The third kappa shape index (κ3) is 7.25. The van der Waals surface area contributed by atoms with E-state index in [1.807, 2.05) is 60.7 Å². The van der Waals surface area contributed by atoms with Gasteiger partial charge in [-0.05, 0) is 53.9 Å². The molecular formula is C30H27ClN2O5S. The zero-order chi connectivity index (χ0) is 27.8. The molecule has 0 heterocycles. The van der Waals surface area contributed by atoms with Crippen LogP contribution in [-0.4, -0.2) is 31.8 Å². The van der Waals surface area contributed by atoms with Gasteiger partial charge in [0.2, 0.25) is 0 Å². The lowest BCUT2D eigenvalue weighted by molar-refractivity contribution is -0.120. The Balaban J connectivity index is 1.54. The van der Waals surface area contributed by atoms with Crippen LogP contribution in [0.1, 0.15) is 33.8 Å². The number of carboxylic acids is 1. The van der Waals surface area contributed by atoms with E-state index >= 15 is 0 Å². The van der Waals surface area contributed by atoms with Gasteiger partial charge in [-0.25, -0.2) is 13.2 Å². The number of Topliss-reactive ketones (excluding diaryl/α,β-unsaturated/α-hetero) is 1. The summed E-state index contributed by atoms with van der Waals surface area (Å²) >= 11 is 5.87. The normalized spacial score (nSPS) is 11.9. The number of anilines is 2. The van der Waals surface area contributed by atoms with Crippen LogP contribution in [0.4, 0.5) is 11.4 Å². The monoisotopic (exact) mass is 562 g/mol. The lowest BCUT2D eigenvalue weighted by atomic mass is 9.88. The van der Waals surface area contributed by atoms with Crippen LogP contribution in [0.5, 0.6) is 0 Å². The van der Waals surface area contributed by atoms with Crippen LogP contribution in [0, 0.1) is 0 Å². The second kappa shape index (κ2) is 12.6. The van der Waals surface area contributed by atoms with Gasteiger partial charge >= 0.3 is 5.97 Å². The molecule has 200 valence electrons. The quantitative estimate of drug-likeness (QED) is 0.188. The molecule has 3 N–H and O–H groups in total. The Bertz CT molecular complexity index is 1540. The van der Waals surface area contributed by atoms with Crippen molar-refractivity contribution in [1.29, 1.82) is 0 Å². The number of carbonyl (C=O) groups is 2. The van der Waals surface area contributed by atoms with Gasteiger partial charge in [0.15, 0.2) is 0 Å². The van der Waals surface area contributed by atoms with Gasteiger partial charge in [-0.15, -0.1) is 0 Å². The van der Waals surface area contributed by atoms with Gasteiger partial charge < -0.3 is 10.4 Å². The molecule has 39 heavy (non-hydrogen) atoms. The van der Waals surface area contributed by atoms with E-state index in [1.165, 1.54) is 42.5 Å². The summed E-state index contributed by atoms with van der Waals surface area (Å²) in [6.45, 7) is 0.245. The first kappa shape index (κ1) is 27.9. The molecule has 4 rings (SSSR count). The second-order valence-electron chi connectivity index (χ2n) is 8.90. The van der Waals surface area contributed by atoms with E-state index in [1.54, 1.807) is 0 Å². The molecule has 4 aromatic rings. The summed E-state index contributed by atoms with van der Waals surface area (Å²) < 4.78 is 28.6. The van der Waals surface area contributed by atoms with E-state index in [2.05, 4.69) is 10.0 Å². The van der Waals surface area contributed by atoms with Crippen LogP contribution >= 0.6 is 11.6 Å². The number of benzene rings is 4. The first-order chi connectivity index (χ1) is 18.7. The minimum atomic E-state index is -4.22. The number of aromatic carboxylic acids is 1. The SMILES string of the molecule is O=C(O)c1c(NCCC(C(=O)Cc2ccccc2)c2ccccc2)cccc1S(=O)(=O)Nc1ccc(Cl)cc1. The number of carbonyl (C=O) groups excluding carboxylic acids is 1. The van der Waals surface area contributed by atoms with Crippen molar-refractivity contribution in [3.8, 4) is 0 Å². The minimum absolute atomic E-state index is 0.0381. The van der Waals surface area contributed by atoms with Crippen molar-refractivity contribution in [1.82, 2.24) is 0 Å². The smallest absolute Gasteiger partial charge is 0.339 e. The van der Waals surface area contributed by atoms with Gasteiger partial charge in [-0.1, -0.05) is 78.3 Å². The fourth-order valence-corrected chi connectivity index (χ4v) is 5.73. The molecule has 0 fully saturated rings. The zero-order valence-corrected chi connectivity index (χ0v) is 22.5. The van der Waals surface area contributed by atoms with Gasteiger partial charge in [-0.2, -0.15) is 0 Å². The number of rotatable bonds is 12. The number of carboxylic acid groups (broad SMARTS) is 1. The molecule has 0 saturated heterocycles. The van der Waals surface area contributed by atoms with Gasteiger partial charge in [0.1, 0.15) is 16.2 Å². The molecule has 0 aliphatic rings. The predicted molar refractivity (Wildman–Crippen MR) is 153 cm³/mol. The molecule has 7 nitrogen and oxygen atoms in total. The van der Waals surface area contributed by atoms with Crippen LogP contribution < -0.4 is 10.0 Å². The number of sulfonamides is 1. The lowest BCUT2D eigenvalue weighted by Crippen LogP contribution is -2.21. The molecule has 9 heteroatoms. The van der Waals surface area contributed by atoms with E-state index < -0.39 is 21.9 Å². The van der Waals surface area contributed by atoms with Gasteiger partial charge in [0, 0.05) is 29.6 Å². The first-order valence-corrected chi connectivity index (χ1v) is 14.1. The summed E-state index contributed by atoms with van der Waals surface area (Å²) in [6, 6.07) is 29.1. The van der Waals surface area contributed by atoms with Crippen molar-refractivity contribution < 1.29 is 23.1 Å². The molecule has 0 radical (unpaired) electrons. The summed E-state index contributed by atoms with van der Waals surface area (Å²) in [6.07, 6.45) is 0.652. The molecule has 0 saturated carbocycles. The third-order valence-corrected chi connectivity index (χ3v) is 7.86. The fourth-order valence-electron chi connectivity index (χ4n) is 4.32. The van der Waals surface area contributed by atoms with Gasteiger partial charge in [0.05, 0.1) is 5.69 Å². The van der Waals surface area contributed by atoms with Crippen molar-refractivity contribution in [3.63, 3.8) is 0 Å². The Morgan fingerprint density at radius 1 is 0.821 bits per heavy atom. The average Bonchev–Trinajstić information content (AvgIpc) is 2.93. The van der Waals surface area contributed by atoms with Crippen LogP contribution in [0.3, 0.4) is 0 Å². The van der Waals surface area contributed by atoms with E-state index in [4.69, 9.17) is 11.6 Å². The Labute approximate surface area is 232 Å². The number of halogens is 1. The molecule has 0 spiro atoms. The fraction of sp³-hybridized carbons (Fsp3) is 0.133. The Kier molecular flexibility index (Phi) is 9.01. The van der Waals surface area contributed by atoms with Crippen molar-refractivity contribution in [3.05, 3.63) is 125 Å². The highest BCUT2D eigenvalue weighted by molar-refractivity contribution is 7.92. The lowest BCUT2D eigenvalue weighted by Gasteiger charge is -2.19. The zero-order valence-electron chi connectivity index (χ0n) is 20.9. The molecule has 0 bridgehead atoms. The minimum Gasteiger partial charge on any atom is -0.478 e. The molecule has 0 aliphatic heterocycles. The summed E-state index contributed by atoms with van der Waals surface area (Å²) in [5.74, 6) is -1.78. The molecular weight excluding hydrogens is 536 g/mol. The van der Waals surface area contributed by atoms with Gasteiger partial charge in [0.25, 0.3) is 10.0 Å². The van der Waals surface area contributed by atoms with E-state index in [9.17, 15) is 23.1 Å². The van der Waals surface area contributed by atoms with Gasteiger partial charge in [-0.3, -0.25) is 9.52 Å². The number of hydrogen-bond acceptors (Lipinski definition) is 5. The first-order valence-electron chi connectivity index (χ1n) is 12.2. The predicted octanol–water partition coefficient (Wildman–Crippen LogP) is 6.24. The summed E-state index contributed by atoms with van der Waals surface area (Å²) in [5, 5.41) is 13.4.